The molecule has 1 N–H and O–H groups in total. The normalized spacial score (nSPS) is 18.6. The number of allylic oxidation sites excluding steroid dienone is 5. The van der Waals surface area contributed by atoms with E-state index in [1.807, 2.05) is 0 Å². The molecule has 0 amide bonds. The van der Waals surface area contributed by atoms with Crippen LogP contribution in [0.3, 0.4) is 0 Å². The number of nitrogens with one attached hydrogen (secondary N) is 1. The van der Waals surface area contributed by atoms with E-state index in [0.717, 1.165) is 6.20 Å². The van der Waals surface area contributed by atoms with E-state index >= 15 is 0 Å². The van der Waals surface area contributed by atoms with Crippen LogP contribution in [0.25, 0.3) is 0 Å². The van der Waals surface area contributed by atoms with Gasteiger partial charge in [0.25, 0.3) is 0 Å². The molecule has 1 aromatic rings. The van der Waals surface area contributed by atoms with Crippen molar-refractivity contribution < 1.29 is 17.6 Å². The van der Waals surface area contributed by atoms with Crippen molar-refractivity contribution >= 4 is 0 Å². The van der Waals surface area contributed by atoms with Crippen molar-refractivity contribution in [2.75, 3.05) is 0 Å². The van der Waals surface area contributed by atoms with Crippen molar-refractivity contribution in [1.82, 2.24) is 10.3 Å². The fourth-order valence-corrected chi connectivity index (χ4v) is 1.73. The van der Waals surface area contributed by atoms with Crippen LogP contribution in [0.2, 0.25) is 0 Å². The van der Waals surface area contributed by atoms with Gasteiger partial charge in [-0.05, 0) is 30.4 Å². The lowest BCUT2D eigenvalue weighted by molar-refractivity contribution is -0.141. The van der Waals surface area contributed by atoms with Gasteiger partial charge in [-0.1, -0.05) is 12.1 Å². The maximum absolute atomic E-state index is 13.0. The molecule has 1 atom stereocenters. The summed E-state index contributed by atoms with van der Waals surface area (Å²) in [7, 11) is 0. The molecule has 0 radical (unpaired) electrons. The van der Waals surface area contributed by atoms with Crippen LogP contribution in [0.4, 0.5) is 17.6 Å². The number of halogens is 4. The SMILES string of the molecule is FC1C=CC=C(NCc2cccnc2C(F)(F)F)C=C1. The van der Waals surface area contributed by atoms with Crippen molar-refractivity contribution in [2.45, 2.75) is 18.9 Å². The van der Waals surface area contributed by atoms with Gasteiger partial charge >= 0.3 is 6.18 Å². The highest BCUT2D eigenvalue weighted by atomic mass is 19.4. The van der Waals surface area contributed by atoms with Crippen LogP contribution >= 0.6 is 0 Å². The van der Waals surface area contributed by atoms with Gasteiger partial charge in [0.05, 0.1) is 0 Å². The number of aromatic nitrogens is 1. The van der Waals surface area contributed by atoms with Crippen LogP contribution < -0.4 is 5.32 Å². The number of hydrogen-bond acceptors (Lipinski definition) is 2. The molecule has 1 aromatic heterocycles. The predicted molar refractivity (Wildman–Crippen MR) is 67.3 cm³/mol. The van der Waals surface area contributed by atoms with E-state index in [0.29, 0.717) is 5.70 Å². The van der Waals surface area contributed by atoms with E-state index in [1.165, 1.54) is 36.4 Å². The lowest BCUT2D eigenvalue weighted by Gasteiger charge is -2.12. The second-order valence-electron chi connectivity index (χ2n) is 4.17. The molecule has 0 saturated heterocycles. The molecule has 1 aliphatic rings. The summed E-state index contributed by atoms with van der Waals surface area (Å²) in [6, 6.07) is 2.80. The first kappa shape index (κ1) is 14.3. The standard InChI is InChI=1S/C14H12F4N2/c15-11-4-1-5-12(7-6-11)20-9-10-3-2-8-19-13(10)14(16,17)18/h1-8,11,20H,9H2. The largest absolute Gasteiger partial charge is 0.433 e. The van der Waals surface area contributed by atoms with Gasteiger partial charge in [0.2, 0.25) is 0 Å². The second kappa shape index (κ2) is 5.90. The molecular weight excluding hydrogens is 272 g/mol. The first-order chi connectivity index (χ1) is 9.47. The van der Waals surface area contributed by atoms with E-state index in [1.54, 1.807) is 6.08 Å². The molecule has 106 valence electrons. The van der Waals surface area contributed by atoms with Crippen LogP contribution in [0, 0.1) is 0 Å². The molecule has 2 rings (SSSR count). The van der Waals surface area contributed by atoms with Crippen molar-refractivity contribution in [1.29, 1.82) is 0 Å². The van der Waals surface area contributed by atoms with Crippen molar-refractivity contribution in [2.24, 2.45) is 0 Å². The number of pyridine rings is 1. The Morgan fingerprint density at radius 1 is 1.25 bits per heavy atom. The fraction of sp³-hybridized carbons (Fsp3) is 0.214. The van der Waals surface area contributed by atoms with Crippen molar-refractivity contribution in [3.8, 4) is 0 Å². The molecule has 1 unspecified atom stereocenters. The zero-order valence-corrected chi connectivity index (χ0v) is 10.4. The summed E-state index contributed by atoms with van der Waals surface area (Å²) in [5, 5.41) is 2.83. The van der Waals surface area contributed by atoms with Gasteiger partial charge in [-0.3, -0.25) is 4.98 Å². The van der Waals surface area contributed by atoms with Crippen LogP contribution in [0.15, 0.2) is 54.4 Å². The number of hydrogen-bond donors (Lipinski definition) is 1. The maximum atomic E-state index is 13.0. The first-order valence-corrected chi connectivity index (χ1v) is 5.92. The molecule has 6 heteroatoms. The lowest BCUT2D eigenvalue weighted by Crippen LogP contribution is -2.17. The number of alkyl halides is 4. The van der Waals surface area contributed by atoms with Gasteiger partial charge in [0.1, 0.15) is 11.9 Å². The Morgan fingerprint density at radius 2 is 2.05 bits per heavy atom. The molecule has 0 aliphatic heterocycles. The smallest absolute Gasteiger partial charge is 0.381 e. The minimum Gasteiger partial charge on any atom is -0.381 e. The van der Waals surface area contributed by atoms with Gasteiger partial charge in [-0.15, -0.1) is 0 Å². The Hall–Kier alpha value is -2.11. The second-order valence-corrected chi connectivity index (χ2v) is 4.17. The van der Waals surface area contributed by atoms with Gasteiger partial charge in [-0.25, -0.2) is 4.39 Å². The summed E-state index contributed by atoms with van der Waals surface area (Å²) in [6.07, 6.45) is 2.69. The summed E-state index contributed by atoms with van der Waals surface area (Å²) < 4.78 is 51.3. The Bertz CT molecular complexity index is 559. The van der Waals surface area contributed by atoms with Crippen LogP contribution in [0.1, 0.15) is 11.3 Å². The van der Waals surface area contributed by atoms with Crippen molar-refractivity contribution in [3.05, 3.63) is 65.7 Å². The summed E-state index contributed by atoms with van der Waals surface area (Å²) in [4.78, 5) is 3.37. The molecule has 0 bridgehead atoms. The van der Waals surface area contributed by atoms with Crippen molar-refractivity contribution in [3.63, 3.8) is 0 Å². The minimum atomic E-state index is -4.49. The Balaban J connectivity index is 2.11. The molecule has 20 heavy (non-hydrogen) atoms. The van der Waals surface area contributed by atoms with Gasteiger partial charge in [0, 0.05) is 24.0 Å². The average molecular weight is 284 g/mol. The van der Waals surface area contributed by atoms with E-state index in [-0.39, 0.29) is 12.1 Å². The molecule has 0 fully saturated rings. The monoisotopic (exact) mass is 284 g/mol. The third kappa shape index (κ3) is 3.69. The third-order valence-electron chi connectivity index (χ3n) is 2.67. The highest BCUT2D eigenvalue weighted by molar-refractivity contribution is 5.30. The fourth-order valence-electron chi connectivity index (χ4n) is 1.73. The van der Waals surface area contributed by atoms with Crippen LogP contribution in [-0.4, -0.2) is 11.2 Å². The quantitative estimate of drug-likeness (QED) is 0.859. The Kier molecular flexibility index (Phi) is 4.22. The van der Waals surface area contributed by atoms with E-state index < -0.39 is 18.0 Å². The first-order valence-electron chi connectivity index (χ1n) is 5.92. The Labute approximate surface area is 113 Å². The average Bonchev–Trinajstić information content (AvgIpc) is 2.60. The molecule has 1 heterocycles. The van der Waals surface area contributed by atoms with Gasteiger partial charge in [-0.2, -0.15) is 13.2 Å². The lowest BCUT2D eigenvalue weighted by atomic mass is 10.2. The molecule has 1 aliphatic carbocycles. The predicted octanol–water partition coefficient (Wildman–Crippen LogP) is 3.54. The van der Waals surface area contributed by atoms with Gasteiger partial charge in [0.15, 0.2) is 0 Å². The summed E-state index contributed by atoms with van der Waals surface area (Å²) in [5.41, 5.74) is -0.331. The molecule has 2 nitrogen and oxygen atoms in total. The summed E-state index contributed by atoms with van der Waals surface area (Å²) in [6.45, 7) is -0.0380. The zero-order valence-electron chi connectivity index (χ0n) is 10.4. The van der Waals surface area contributed by atoms with Crippen LogP contribution in [-0.2, 0) is 12.7 Å². The van der Waals surface area contributed by atoms with E-state index in [9.17, 15) is 17.6 Å². The topological polar surface area (TPSA) is 24.9 Å². The van der Waals surface area contributed by atoms with E-state index in [2.05, 4.69) is 10.3 Å². The molecule has 0 aromatic carbocycles. The van der Waals surface area contributed by atoms with Crippen LogP contribution in [0.5, 0.6) is 0 Å². The highest BCUT2D eigenvalue weighted by Crippen LogP contribution is 2.30. The third-order valence-corrected chi connectivity index (χ3v) is 2.67. The summed E-state index contributed by atoms with van der Waals surface area (Å²) in [5.74, 6) is 0. The maximum Gasteiger partial charge on any atom is 0.433 e. The number of rotatable bonds is 3. The molecule has 0 spiro atoms. The van der Waals surface area contributed by atoms with E-state index in [4.69, 9.17) is 0 Å². The van der Waals surface area contributed by atoms with Gasteiger partial charge < -0.3 is 5.32 Å². The summed E-state index contributed by atoms with van der Waals surface area (Å²) >= 11 is 0. The Morgan fingerprint density at radius 3 is 2.80 bits per heavy atom. The highest BCUT2D eigenvalue weighted by Gasteiger charge is 2.34. The minimum absolute atomic E-state index is 0.0380. The zero-order chi connectivity index (χ0) is 14.6. The molecule has 0 saturated carbocycles. The number of nitrogens with zero attached hydrogens (tertiary/aromatic N) is 1. The molecular formula is C14H12F4N2.